The number of aromatic nitrogens is 1. The monoisotopic (exact) mass is 340 g/mol. The van der Waals surface area contributed by atoms with Gasteiger partial charge in [-0.3, -0.25) is 4.79 Å². The first-order valence-electron chi connectivity index (χ1n) is 5.28. The molecule has 2 N–H and O–H groups in total. The normalized spacial score (nSPS) is 10.2. The van der Waals surface area contributed by atoms with E-state index in [9.17, 15) is 9.59 Å². The zero-order chi connectivity index (χ0) is 13.8. The lowest BCUT2D eigenvalue weighted by Gasteiger charge is -2.03. The van der Waals surface area contributed by atoms with Crippen molar-refractivity contribution in [2.45, 2.75) is 6.54 Å². The molecule has 2 aromatic heterocycles. The SMILES string of the molecule is O=C(O)c1ccc(CNC(=O)c2ccc(Br)s2)cn1. The van der Waals surface area contributed by atoms with Crippen LogP contribution in [0.4, 0.5) is 0 Å². The van der Waals surface area contributed by atoms with E-state index in [1.165, 1.54) is 23.6 Å². The average Bonchev–Trinajstić information content (AvgIpc) is 2.83. The van der Waals surface area contributed by atoms with Gasteiger partial charge in [0.15, 0.2) is 0 Å². The Morgan fingerprint density at radius 3 is 2.63 bits per heavy atom. The highest BCUT2D eigenvalue weighted by Gasteiger charge is 2.08. The van der Waals surface area contributed by atoms with E-state index in [4.69, 9.17) is 5.11 Å². The van der Waals surface area contributed by atoms with E-state index >= 15 is 0 Å². The van der Waals surface area contributed by atoms with E-state index in [1.807, 2.05) is 6.07 Å². The minimum atomic E-state index is -1.07. The van der Waals surface area contributed by atoms with Crippen LogP contribution in [-0.4, -0.2) is 22.0 Å². The maximum atomic E-state index is 11.8. The van der Waals surface area contributed by atoms with Crippen molar-refractivity contribution >= 4 is 39.1 Å². The molecular formula is C12H9BrN2O3S. The lowest BCUT2D eigenvalue weighted by atomic mass is 10.2. The molecule has 0 fully saturated rings. The van der Waals surface area contributed by atoms with Crippen LogP contribution in [0.5, 0.6) is 0 Å². The van der Waals surface area contributed by atoms with Crippen molar-refractivity contribution in [2.75, 3.05) is 0 Å². The summed E-state index contributed by atoms with van der Waals surface area (Å²) in [5, 5.41) is 11.5. The van der Waals surface area contributed by atoms with Gasteiger partial charge in [0.05, 0.1) is 8.66 Å². The van der Waals surface area contributed by atoms with E-state index in [2.05, 4.69) is 26.2 Å². The smallest absolute Gasteiger partial charge is 0.354 e. The molecule has 5 nitrogen and oxygen atoms in total. The summed E-state index contributed by atoms with van der Waals surface area (Å²) in [4.78, 5) is 26.8. The molecule has 2 heterocycles. The Morgan fingerprint density at radius 2 is 2.11 bits per heavy atom. The molecule has 0 aliphatic heterocycles. The maximum Gasteiger partial charge on any atom is 0.354 e. The minimum Gasteiger partial charge on any atom is -0.477 e. The second-order valence-corrected chi connectivity index (χ2v) is 6.11. The van der Waals surface area contributed by atoms with Crippen molar-refractivity contribution in [3.8, 4) is 0 Å². The molecule has 98 valence electrons. The van der Waals surface area contributed by atoms with Gasteiger partial charge in [0, 0.05) is 12.7 Å². The van der Waals surface area contributed by atoms with Crippen molar-refractivity contribution in [3.05, 3.63) is 50.4 Å². The van der Waals surface area contributed by atoms with Crippen molar-refractivity contribution in [1.29, 1.82) is 0 Å². The molecule has 2 rings (SSSR count). The molecule has 7 heteroatoms. The van der Waals surface area contributed by atoms with Crippen LogP contribution in [0.2, 0.25) is 0 Å². The number of nitrogens with one attached hydrogen (secondary N) is 1. The van der Waals surface area contributed by atoms with Gasteiger partial charge in [-0.05, 0) is 39.7 Å². The molecule has 0 saturated heterocycles. The number of carboxylic acid groups (broad SMARTS) is 1. The van der Waals surface area contributed by atoms with Gasteiger partial charge >= 0.3 is 5.97 Å². The number of thiophene rings is 1. The topological polar surface area (TPSA) is 79.3 Å². The summed E-state index contributed by atoms with van der Waals surface area (Å²) in [5.74, 6) is -1.24. The Balaban J connectivity index is 1.95. The first kappa shape index (κ1) is 13.7. The summed E-state index contributed by atoms with van der Waals surface area (Å²) in [7, 11) is 0. The fourth-order valence-electron chi connectivity index (χ4n) is 1.36. The number of carbonyl (C=O) groups excluding carboxylic acids is 1. The van der Waals surface area contributed by atoms with Gasteiger partial charge in [-0.25, -0.2) is 9.78 Å². The van der Waals surface area contributed by atoms with E-state index in [0.717, 1.165) is 9.35 Å². The van der Waals surface area contributed by atoms with E-state index in [1.54, 1.807) is 12.1 Å². The Labute approximate surface area is 121 Å². The van der Waals surface area contributed by atoms with Crippen LogP contribution in [0.25, 0.3) is 0 Å². The third-order valence-corrected chi connectivity index (χ3v) is 3.92. The molecule has 0 spiro atoms. The van der Waals surface area contributed by atoms with Gasteiger partial charge in [-0.2, -0.15) is 0 Å². The number of amides is 1. The molecule has 0 bridgehead atoms. The Bertz CT molecular complexity index is 610. The molecule has 0 aliphatic rings. The molecule has 0 aliphatic carbocycles. The number of carboxylic acids is 1. The first-order chi connectivity index (χ1) is 9.06. The number of carbonyl (C=O) groups is 2. The average molecular weight is 341 g/mol. The number of nitrogens with zero attached hydrogens (tertiary/aromatic N) is 1. The van der Waals surface area contributed by atoms with Crippen molar-refractivity contribution < 1.29 is 14.7 Å². The summed E-state index contributed by atoms with van der Waals surface area (Å²) >= 11 is 4.64. The lowest BCUT2D eigenvalue weighted by Crippen LogP contribution is -2.21. The number of hydrogen-bond donors (Lipinski definition) is 2. The number of hydrogen-bond acceptors (Lipinski definition) is 4. The fraction of sp³-hybridized carbons (Fsp3) is 0.0833. The Hall–Kier alpha value is -1.73. The zero-order valence-corrected chi connectivity index (χ0v) is 12.0. The predicted octanol–water partition coefficient (Wildman–Crippen LogP) is 2.53. The van der Waals surface area contributed by atoms with Gasteiger partial charge in [-0.1, -0.05) is 6.07 Å². The van der Waals surface area contributed by atoms with Crippen LogP contribution in [0, 0.1) is 0 Å². The lowest BCUT2D eigenvalue weighted by molar-refractivity contribution is 0.0690. The van der Waals surface area contributed by atoms with Crippen LogP contribution in [0.3, 0.4) is 0 Å². The van der Waals surface area contributed by atoms with Crippen molar-refractivity contribution in [2.24, 2.45) is 0 Å². The number of rotatable bonds is 4. The summed E-state index contributed by atoms with van der Waals surface area (Å²) in [6, 6.07) is 6.57. The molecular weight excluding hydrogens is 332 g/mol. The van der Waals surface area contributed by atoms with E-state index in [-0.39, 0.29) is 11.6 Å². The summed E-state index contributed by atoms with van der Waals surface area (Å²) in [6.07, 6.45) is 1.44. The molecule has 0 radical (unpaired) electrons. The second kappa shape index (κ2) is 5.94. The number of halogens is 1. The summed E-state index contributed by atoms with van der Waals surface area (Å²) in [5.41, 5.74) is 0.728. The van der Waals surface area contributed by atoms with Gasteiger partial charge in [0.2, 0.25) is 0 Å². The standard InChI is InChI=1S/C12H9BrN2O3S/c13-10-4-3-9(19-10)11(16)15-6-7-1-2-8(12(17)18)14-5-7/h1-5H,6H2,(H,15,16)(H,17,18). The molecule has 1 amide bonds. The zero-order valence-electron chi connectivity index (χ0n) is 9.59. The molecule has 19 heavy (non-hydrogen) atoms. The van der Waals surface area contributed by atoms with Gasteiger partial charge < -0.3 is 10.4 Å². The van der Waals surface area contributed by atoms with Crippen LogP contribution in [-0.2, 0) is 6.54 Å². The largest absolute Gasteiger partial charge is 0.477 e. The molecule has 0 atom stereocenters. The highest BCUT2D eigenvalue weighted by Crippen LogP contribution is 2.21. The van der Waals surface area contributed by atoms with Gasteiger partial charge in [0.25, 0.3) is 5.91 Å². The quantitative estimate of drug-likeness (QED) is 0.896. The van der Waals surface area contributed by atoms with Gasteiger partial charge in [0.1, 0.15) is 5.69 Å². The molecule has 0 unspecified atom stereocenters. The predicted molar refractivity (Wildman–Crippen MR) is 74.4 cm³/mol. The second-order valence-electron chi connectivity index (χ2n) is 3.64. The molecule has 2 aromatic rings. The van der Waals surface area contributed by atoms with E-state index in [0.29, 0.717) is 11.4 Å². The van der Waals surface area contributed by atoms with Crippen molar-refractivity contribution in [3.63, 3.8) is 0 Å². The Morgan fingerprint density at radius 1 is 1.32 bits per heavy atom. The van der Waals surface area contributed by atoms with Crippen LogP contribution in [0.15, 0.2) is 34.2 Å². The van der Waals surface area contributed by atoms with Crippen molar-refractivity contribution in [1.82, 2.24) is 10.3 Å². The molecule has 0 aromatic carbocycles. The number of pyridine rings is 1. The highest BCUT2D eigenvalue weighted by atomic mass is 79.9. The van der Waals surface area contributed by atoms with E-state index < -0.39 is 5.97 Å². The summed E-state index contributed by atoms with van der Waals surface area (Å²) in [6.45, 7) is 0.307. The fourth-order valence-corrected chi connectivity index (χ4v) is 2.66. The minimum absolute atomic E-state index is 0.0164. The van der Waals surface area contributed by atoms with Crippen LogP contribution in [0.1, 0.15) is 25.7 Å². The maximum absolute atomic E-state index is 11.8. The first-order valence-corrected chi connectivity index (χ1v) is 6.89. The highest BCUT2D eigenvalue weighted by molar-refractivity contribution is 9.11. The third kappa shape index (κ3) is 3.62. The molecule has 0 saturated carbocycles. The van der Waals surface area contributed by atoms with Crippen LogP contribution < -0.4 is 5.32 Å². The van der Waals surface area contributed by atoms with Gasteiger partial charge in [-0.15, -0.1) is 11.3 Å². The number of aromatic carboxylic acids is 1. The summed E-state index contributed by atoms with van der Waals surface area (Å²) < 4.78 is 0.894. The Kier molecular flexibility index (Phi) is 4.28. The third-order valence-electron chi connectivity index (χ3n) is 2.29. The van der Waals surface area contributed by atoms with Crippen LogP contribution >= 0.6 is 27.3 Å².